The van der Waals surface area contributed by atoms with Crippen LogP contribution >= 0.6 is 23.4 Å². The van der Waals surface area contributed by atoms with Crippen LogP contribution in [-0.2, 0) is 20.9 Å². The smallest absolute Gasteiger partial charge is 0.338 e. The fourth-order valence-electron chi connectivity index (χ4n) is 3.69. The standard InChI is InChI=1S/C28H26ClN3O5S/c1-3-37-27(35)19-9-13-21(14-10-19)31-28-32(17-18-7-11-20(29)12-8-18)25(33)16-24(38-28)26(34)30-22-5-4-6-23(15-22)36-2/h4-15,24H,3,16-17H2,1-2H3,(H,30,34). The lowest BCUT2D eigenvalue weighted by molar-refractivity contribution is -0.129. The highest BCUT2D eigenvalue weighted by atomic mass is 35.5. The first-order valence-electron chi connectivity index (χ1n) is 11.9. The van der Waals surface area contributed by atoms with Crippen LogP contribution < -0.4 is 10.1 Å². The Morgan fingerprint density at radius 1 is 1.11 bits per heavy atom. The van der Waals surface area contributed by atoms with Crippen molar-refractivity contribution in [1.82, 2.24) is 4.90 Å². The third-order valence-corrected chi connectivity index (χ3v) is 7.07. The average Bonchev–Trinajstić information content (AvgIpc) is 2.92. The van der Waals surface area contributed by atoms with Gasteiger partial charge in [0, 0.05) is 23.2 Å². The van der Waals surface area contributed by atoms with Gasteiger partial charge in [0.2, 0.25) is 11.8 Å². The normalized spacial score (nSPS) is 16.3. The number of benzene rings is 3. The number of aliphatic imine (C=N–C) groups is 1. The number of anilines is 1. The van der Waals surface area contributed by atoms with E-state index in [0.717, 1.165) is 5.56 Å². The van der Waals surface area contributed by atoms with Crippen molar-refractivity contribution in [3.8, 4) is 5.75 Å². The zero-order chi connectivity index (χ0) is 27.1. The maximum atomic E-state index is 13.3. The van der Waals surface area contributed by atoms with Gasteiger partial charge in [-0.2, -0.15) is 0 Å². The summed E-state index contributed by atoms with van der Waals surface area (Å²) in [5.41, 5.74) is 2.37. The van der Waals surface area contributed by atoms with Crippen molar-refractivity contribution in [2.24, 2.45) is 4.99 Å². The minimum absolute atomic E-state index is 0.00880. The molecule has 1 aliphatic heterocycles. The number of hydrogen-bond acceptors (Lipinski definition) is 7. The van der Waals surface area contributed by atoms with Crippen LogP contribution in [0.5, 0.6) is 5.75 Å². The van der Waals surface area contributed by atoms with Crippen LogP contribution in [0.2, 0.25) is 5.02 Å². The summed E-state index contributed by atoms with van der Waals surface area (Å²) in [6.07, 6.45) is 0.00880. The maximum absolute atomic E-state index is 13.3. The van der Waals surface area contributed by atoms with Crippen molar-refractivity contribution in [2.75, 3.05) is 19.0 Å². The number of ether oxygens (including phenoxy) is 2. The molecule has 0 spiro atoms. The summed E-state index contributed by atoms with van der Waals surface area (Å²) in [4.78, 5) is 44.7. The number of thioether (sulfide) groups is 1. The summed E-state index contributed by atoms with van der Waals surface area (Å²) in [6.45, 7) is 2.29. The van der Waals surface area contributed by atoms with Gasteiger partial charge in [-0.3, -0.25) is 14.5 Å². The molecule has 8 nitrogen and oxygen atoms in total. The molecule has 2 amide bonds. The van der Waals surface area contributed by atoms with E-state index < -0.39 is 11.2 Å². The molecular formula is C28H26ClN3O5S. The average molecular weight is 552 g/mol. The van der Waals surface area contributed by atoms with Gasteiger partial charge < -0.3 is 14.8 Å². The number of nitrogens with one attached hydrogen (secondary N) is 1. The van der Waals surface area contributed by atoms with E-state index in [4.69, 9.17) is 21.1 Å². The van der Waals surface area contributed by atoms with Gasteiger partial charge in [0.1, 0.15) is 11.0 Å². The second-order valence-corrected chi connectivity index (χ2v) is 9.91. The summed E-state index contributed by atoms with van der Waals surface area (Å²) in [5.74, 6) is -0.357. The van der Waals surface area contributed by atoms with E-state index in [1.165, 1.54) is 11.8 Å². The molecule has 196 valence electrons. The van der Waals surface area contributed by atoms with Gasteiger partial charge in [-0.25, -0.2) is 9.79 Å². The van der Waals surface area contributed by atoms with Gasteiger partial charge in [0.05, 0.1) is 31.5 Å². The van der Waals surface area contributed by atoms with Gasteiger partial charge in [-0.1, -0.05) is 41.6 Å². The molecule has 1 fully saturated rings. The van der Waals surface area contributed by atoms with Crippen LogP contribution in [0.15, 0.2) is 77.8 Å². The lowest BCUT2D eigenvalue weighted by Crippen LogP contribution is -2.44. The molecule has 1 unspecified atom stereocenters. The molecular weight excluding hydrogens is 526 g/mol. The largest absolute Gasteiger partial charge is 0.497 e. The highest BCUT2D eigenvalue weighted by Gasteiger charge is 2.36. The van der Waals surface area contributed by atoms with E-state index in [1.54, 1.807) is 79.6 Å². The number of carbonyl (C=O) groups excluding carboxylic acids is 3. The monoisotopic (exact) mass is 551 g/mol. The minimum Gasteiger partial charge on any atom is -0.497 e. The first-order valence-corrected chi connectivity index (χ1v) is 13.1. The van der Waals surface area contributed by atoms with Gasteiger partial charge in [-0.15, -0.1) is 0 Å². The molecule has 38 heavy (non-hydrogen) atoms. The summed E-state index contributed by atoms with van der Waals surface area (Å²) < 4.78 is 10.3. The predicted molar refractivity (Wildman–Crippen MR) is 149 cm³/mol. The van der Waals surface area contributed by atoms with Crippen LogP contribution in [0.4, 0.5) is 11.4 Å². The van der Waals surface area contributed by atoms with E-state index >= 15 is 0 Å². The lowest BCUT2D eigenvalue weighted by atomic mass is 10.2. The van der Waals surface area contributed by atoms with Gasteiger partial charge >= 0.3 is 5.97 Å². The van der Waals surface area contributed by atoms with Crippen molar-refractivity contribution in [3.63, 3.8) is 0 Å². The summed E-state index contributed by atoms with van der Waals surface area (Å²) in [5, 5.41) is 3.15. The second-order valence-electron chi connectivity index (χ2n) is 8.30. The van der Waals surface area contributed by atoms with Gasteiger partial charge in [0.25, 0.3) is 0 Å². The quantitative estimate of drug-likeness (QED) is 0.361. The SMILES string of the molecule is CCOC(=O)c1ccc(N=C2SC(C(=O)Nc3cccc(OC)c3)CC(=O)N2Cc2ccc(Cl)cc2)cc1. The third-order valence-electron chi connectivity index (χ3n) is 5.63. The number of esters is 1. The van der Waals surface area contributed by atoms with E-state index in [2.05, 4.69) is 10.3 Å². The molecule has 4 rings (SSSR count). The van der Waals surface area contributed by atoms with E-state index in [1.807, 2.05) is 12.1 Å². The number of methoxy groups -OCH3 is 1. The molecule has 10 heteroatoms. The molecule has 1 saturated heterocycles. The molecule has 0 bridgehead atoms. The molecule has 3 aromatic rings. The van der Waals surface area contributed by atoms with Gasteiger partial charge in [-0.05, 0) is 61.0 Å². The minimum atomic E-state index is -0.687. The lowest BCUT2D eigenvalue weighted by Gasteiger charge is -2.32. The first-order chi connectivity index (χ1) is 18.4. The predicted octanol–water partition coefficient (Wildman–Crippen LogP) is 5.69. The van der Waals surface area contributed by atoms with Crippen molar-refractivity contribution < 1.29 is 23.9 Å². The van der Waals surface area contributed by atoms with Crippen LogP contribution in [-0.4, -0.2) is 46.8 Å². The van der Waals surface area contributed by atoms with E-state index in [9.17, 15) is 14.4 Å². The Kier molecular flexibility index (Phi) is 9.04. The zero-order valence-corrected chi connectivity index (χ0v) is 22.4. The molecule has 0 aromatic heterocycles. The molecule has 1 heterocycles. The number of amides is 2. The number of carbonyl (C=O) groups is 3. The molecule has 0 saturated carbocycles. The van der Waals surface area contributed by atoms with Crippen molar-refractivity contribution in [3.05, 3.63) is 88.9 Å². The summed E-state index contributed by atoms with van der Waals surface area (Å²) >= 11 is 7.23. The molecule has 0 radical (unpaired) electrons. The Morgan fingerprint density at radius 3 is 2.53 bits per heavy atom. The second kappa shape index (κ2) is 12.6. The Hall–Kier alpha value is -3.82. The molecule has 3 aromatic carbocycles. The summed E-state index contributed by atoms with van der Waals surface area (Å²) in [6, 6.07) is 20.8. The van der Waals surface area contributed by atoms with Crippen molar-refractivity contribution in [1.29, 1.82) is 0 Å². The number of hydrogen-bond donors (Lipinski definition) is 1. The van der Waals surface area contributed by atoms with Crippen LogP contribution in [0.25, 0.3) is 0 Å². The Balaban J connectivity index is 1.59. The number of halogens is 1. The molecule has 1 N–H and O–H groups in total. The van der Waals surface area contributed by atoms with Crippen molar-refractivity contribution in [2.45, 2.75) is 25.1 Å². The van der Waals surface area contributed by atoms with Crippen LogP contribution in [0.1, 0.15) is 29.3 Å². The molecule has 0 aliphatic carbocycles. The highest BCUT2D eigenvalue weighted by Crippen LogP contribution is 2.31. The Labute approximate surface area is 230 Å². The zero-order valence-electron chi connectivity index (χ0n) is 20.8. The third kappa shape index (κ3) is 6.93. The molecule has 1 aliphatic rings. The van der Waals surface area contributed by atoms with E-state index in [-0.39, 0.29) is 31.4 Å². The number of amidine groups is 1. The highest BCUT2D eigenvalue weighted by molar-refractivity contribution is 8.15. The fraction of sp³-hybridized carbons (Fsp3) is 0.214. The fourth-order valence-corrected chi connectivity index (χ4v) is 4.91. The Morgan fingerprint density at radius 2 is 1.84 bits per heavy atom. The van der Waals surface area contributed by atoms with Crippen LogP contribution in [0.3, 0.4) is 0 Å². The van der Waals surface area contributed by atoms with Crippen LogP contribution in [0, 0.1) is 0 Å². The maximum Gasteiger partial charge on any atom is 0.338 e. The van der Waals surface area contributed by atoms with Crippen molar-refractivity contribution >= 4 is 57.7 Å². The first kappa shape index (κ1) is 27.2. The number of rotatable bonds is 8. The van der Waals surface area contributed by atoms with Gasteiger partial charge in [0.15, 0.2) is 5.17 Å². The topological polar surface area (TPSA) is 97.3 Å². The number of nitrogens with zero attached hydrogens (tertiary/aromatic N) is 2. The van der Waals surface area contributed by atoms with E-state index in [0.29, 0.717) is 32.9 Å². The summed E-state index contributed by atoms with van der Waals surface area (Å²) in [7, 11) is 1.55. The molecule has 1 atom stereocenters. The Bertz CT molecular complexity index is 1350.